The molecule has 3 aromatic rings. The summed E-state index contributed by atoms with van der Waals surface area (Å²) in [4.78, 5) is 17.5. The van der Waals surface area contributed by atoms with Crippen LogP contribution in [0.15, 0.2) is 40.8 Å². The van der Waals surface area contributed by atoms with Crippen LogP contribution in [-0.2, 0) is 11.3 Å². The van der Waals surface area contributed by atoms with Crippen molar-refractivity contribution in [2.45, 2.75) is 52.2 Å². The number of rotatable bonds is 5. The molecule has 2 aromatic carbocycles. The van der Waals surface area contributed by atoms with E-state index in [1.165, 1.54) is 23.1 Å². The zero-order valence-electron chi connectivity index (χ0n) is 23.8. The normalized spacial score (nSPS) is 16.4. The smallest absolute Gasteiger partial charge is 0.410 e. The highest BCUT2D eigenvalue weighted by atomic mass is 32.1. The molecular weight excluding hydrogens is 593 g/mol. The van der Waals surface area contributed by atoms with Gasteiger partial charge in [-0.1, -0.05) is 6.07 Å². The summed E-state index contributed by atoms with van der Waals surface area (Å²) < 4.78 is 79.4. The lowest BCUT2D eigenvalue weighted by Crippen LogP contribution is -2.63. The van der Waals surface area contributed by atoms with Crippen molar-refractivity contribution < 1.29 is 35.9 Å². The molecule has 0 aliphatic carbocycles. The maximum atomic E-state index is 15.3. The van der Waals surface area contributed by atoms with Crippen LogP contribution < -0.4 is 4.90 Å². The summed E-state index contributed by atoms with van der Waals surface area (Å²) in [6.07, 6.45) is -1.83. The van der Waals surface area contributed by atoms with Crippen molar-refractivity contribution in [3.05, 3.63) is 65.3 Å². The minimum Gasteiger partial charge on any atom is -0.444 e. The van der Waals surface area contributed by atoms with Gasteiger partial charge in [0, 0.05) is 54.5 Å². The van der Waals surface area contributed by atoms with Gasteiger partial charge in [0.1, 0.15) is 11.4 Å². The van der Waals surface area contributed by atoms with Crippen molar-refractivity contribution in [1.82, 2.24) is 20.0 Å². The predicted molar refractivity (Wildman–Crippen MR) is 151 cm³/mol. The minimum absolute atomic E-state index is 0.0588. The van der Waals surface area contributed by atoms with Gasteiger partial charge >= 0.3 is 12.5 Å². The summed E-state index contributed by atoms with van der Waals surface area (Å²) >= 11 is 5.80. The quantitative estimate of drug-likeness (QED) is 0.229. The molecule has 0 unspecified atom stereocenters. The van der Waals surface area contributed by atoms with Crippen molar-refractivity contribution >= 4 is 29.1 Å². The Morgan fingerprint density at radius 2 is 1.72 bits per heavy atom. The van der Waals surface area contributed by atoms with Gasteiger partial charge in [0.15, 0.2) is 16.7 Å². The first kappa shape index (κ1) is 30.6. The van der Waals surface area contributed by atoms with Crippen LogP contribution in [0.25, 0.3) is 11.5 Å². The van der Waals surface area contributed by atoms with E-state index in [9.17, 15) is 22.4 Å². The molecule has 3 heterocycles. The standard InChI is InChI=1S/C29H30F5N5O3S/c1-28(2,3)42-27(40)38-15-29(16-38)8-10-37(11-9-29)26(43)39(19-6-7-20(30)22(32)13-19)14-18-5-4-17(12-21(18)31)24-35-36-25(41-24)23(33)34/h4-7,12-13,23H,8-11,14-16H2,1-3H3. The molecule has 230 valence electrons. The molecule has 43 heavy (non-hydrogen) atoms. The molecule has 0 N–H and O–H groups in total. The van der Waals surface area contributed by atoms with Gasteiger partial charge in [0.2, 0.25) is 5.89 Å². The number of carbonyl (C=O) groups excluding carboxylic acids is 1. The lowest BCUT2D eigenvalue weighted by Gasteiger charge is -2.54. The number of halogens is 5. The van der Waals surface area contributed by atoms with Gasteiger partial charge in [0.05, 0.1) is 6.54 Å². The van der Waals surface area contributed by atoms with E-state index >= 15 is 4.39 Å². The second-order valence-electron chi connectivity index (χ2n) is 11.8. The highest BCUT2D eigenvalue weighted by Gasteiger charge is 2.48. The maximum Gasteiger partial charge on any atom is 0.410 e. The van der Waals surface area contributed by atoms with E-state index in [0.29, 0.717) is 31.3 Å². The molecule has 2 aliphatic heterocycles. The number of thiocarbonyl (C=S) groups is 1. The Morgan fingerprint density at radius 1 is 1.02 bits per heavy atom. The average Bonchev–Trinajstić information content (AvgIpc) is 3.42. The molecule has 1 amide bonds. The molecule has 0 radical (unpaired) electrons. The molecule has 5 rings (SSSR count). The van der Waals surface area contributed by atoms with E-state index in [2.05, 4.69) is 10.2 Å². The van der Waals surface area contributed by atoms with Crippen LogP contribution in [0, 0.1) is 22.9 Å². The van der Waals surface area contributed by atoms with Crippen molar-refractivity contribution in [3.63, 3.8) is 0 Å². The molecule has 1 aromatic heterocycles. The van der Waals surface area contributed by atoms with E-state index in [-0.39, 0.29) is 40.8 Å². The fraction of sp³-hybridized carbons (Fsp3) is 0.448. The number of nitrogens with zero attached hydrogens (tertiary/aromatic N) is 5. The van der Waals surface area contributed by atoms with Crippen LogP contribution in [0.3, 0.4) is 0 Å². The molecule has 1 spiro atoms. The summed E-state index contributed by atoms with van der Waals surface area (Å²) in [6, 6.07) is 7.25. The van der Waals surface area contributed by atoms with Crippen molar-refractivity contribution in [2.24, 2.45) is 5.41 Å². The molecule has 0 bridgehead atoms. The van der Waals surface area contributed by atoms with Crippen LogP contribution in [0.4, 0.5) is 32.4 Å². The number of alkyl halides is 2. The highest BCUT2D eigenvalue weighted by molar-refractivity contribution is 7.80. The topological polar surface area (TPSA) is 74.9 Å². The predicted octanol–water partition coefficient (Wildman–Crippen LogP) is 6.72. The number of piperidine rings is 1. The van der Waals surface area contributed by atoms with Crippen LogP contribution in [0.2, 0.25) is 0 Å². The summed E-state index contributed by atoms with van der Waals surface area (Å²) in [5, 5.41) is 7.10. The first-order valence-corrected chi connectivity index (χ1v) is 14.0. The Bertz CT molecular complexity index is 1510. The first-order chi connectivity index (χ1) is 20.2. The Labute approximate surface area is 250 Å². The zero-order chi connectivity index (χ0) is 31.1. The van der Waals surface area contributed by atoms with Crippen LogP contribution in [0.1, 0.15) is 51.5 Å². The van der Waals surface area contributed by atoms with Gasteiger partial charge in [-0.15, -0.1) is 10.2 Å². The number of amides is 1. The number of benzene rings is 2. The summed E-state index contributed by atoms with van der Waals surface area (Å²) in [6.45, 7) is 7.57. The second-order valence-corrected chi connectivity index (χ2v) is 12.2. The molecular formula is C29H30F5N5O3S. The van der Waals surface area contributed by atoms with Gasteiger partial charge in [-0.25, -0.2) is 18.0 Å². The average molecular weight is 624 g/mol. The van der Waals surface area contributed by atoms with Gasteiger partial charge < -0.3 is 23.9 Å². The van der Waals surface area contributed by atoms with Gasteiger partial charge in [-0.3, -0.25) is 0 Å². The molecule has 0 saturated carbocycles. The zero-order valence-corrected chi connectivity index (χ0v) is 24.6. The minimum atomic E-state index is -2.96. The Morgan fingerprint density at radius 3 is 2.30 bits per heavy atom. The third kappa shape index (κ3) is 6.73. The SMILES string of the molecule is CC(C)(C)OC(=O)N1CC2(CCN(C(=S)N(Cc3ccc(-c4nnc(C(F)F)o4)cc3F)c3ccc(F)c(F)c3)CC2)C1. The molecule has 14 heteroatoms. The lowest BCUT2D eigenvalue weighted by molar-refractivity contribution is -0.0531. The summed E-state index contributed by atoms with van der Waals surface area (Å²) in [5.74, 6) is -3.97. The van der Waals surface area contributed by atoms with Gasteiger partial charge in [0.25, 0.3) is 5.89 Å². The number of carbonyl (C=O) groups is 1. The number of ether oxygens (including phenoxy) is 1. The van der Waals surface area contributed by atoms with Crippen LogP contribution in [0.5, 0.6) is 0 Å². The number of likely N-dealkylation sites (tertiary alicyclic amines) is 2. The fourth-order valence-corrected chi connectivity index (χ4v) is 5.57. The number of hydrogen-bond donors (Lipinski definition) is 0. The number of hydrogen-bond acceptors (Lipinski definition) is 6. The van der Waals surface area contributed by atoms with E-state index in [1.54, 1.807) is 4.90 Å². The maximum absolute atomic E-state index is 15.3. The van der Waals surface area contributed by atoms with Crippen molar-refractivity contribution in [2.75, 3.05) is 31.1 Å². The third-order valence-corrected chi connectivity index (χ3v) is 7.98. The largest absolute Gasteiger partial charge is 0.444 e. The Kier molecular flexibility index (Phi) is 8.34. The monoisotopic (exact) mass is 623 g/mol. The van der Waals surface area contributed by atoms with E-state index < -0.39 is 35.4 Å². The van der Waals surface area contributed by atoms with Crippen molar-refractivity contribution in [1.29, 1.82) is 0 Å². The molecule has 2 saturated heterocycles. The first-order valence-electron chi connectivity index (χ1n) is 13.6. The molecule has 2 fully saturated rings. The second kappa shape index (κ2) is 11.7. The van der Waals surface area contributed by atoms with Crippen molar-refractivity contribution in [3.8, 4) is 11.5 Å². The van der Waals surface area contributed by atoms with Crippen LogP contribution in [-0.4, -0.2) is 63.0 Å². The van der Waals surface area contributed by atoms with E-state index in [1.807, 2.05) is 25.7 Å². The third-order valence-electron chi connectivity index (χ3n) is 7.50. The Balaban J connectivity index is 1.30. The summed E-state index contributed by atoms with van der Waals surface area (Å²) in [7, 11) is 0. The molecule has 0 atom stereocenters. The highest BCUT2D eigenvalue weighted by Crippen LogP contribution is 2.41. The van der Waals surface area contributed by atoms with Gasteiger partial charge in [-0.05, 0) is 70.1 Å². The number of aromatic nitrogens is 2. The van der Waals surface area contributed by atoms with Gasteiger partial charge in [-0.2, -0.15) is 8.78 Å². The van der Waals surface area contributed by atoms with E-state index in [4.69, 9.17) is 21.4 Å². The lowest BCUT2D eigenvalue weighted by atomic mass is 9.72. The number of anilines is 1. The molecule has 2 aliphatic rings. The molecule has 8 nitrogen and oxygen atoms in total. The van der Waals surface area contributed by atoms with E-state index in [0.717, 1.165) is 31.0 Å². The summed E-state index contributed by atoms with van der Waals surface area (Å²) in [5.41, 5.74) is -0.152. The fourth-order valence-electron chi connectivity index (χ4n) is 5.22. The Hall–Kier alpha value is -3.81. The van der Waals surface area contributed by atoms with Crippen LogP contribution >= 0.6 is 12.2 Å².